The van der Waals surface area contributed by atoms with Crippen LogP contribution in [0.5, 0.6) is 0 Å². The first kappa shape index (κ1) is 13.3. The average Bonchev–Trinajstić information content (AvgIpc) is 2.03. The number of thioether (sulfide) groups is 1. The normalized spacial score (nSPS) is 12.5. The third-order valence-electron chi connectivity index (χ3n) is 1.92. The number of rotatable bonds is 7. The summed E-state index contributed by atoms with van der Waals surface area (Å²) in [6.45, 7) is 12.1. The van der Waals surface area contributed by atoms with E-state index in [0.717, 1.165) is 18.8 Å². The second kappa shape index (κ2) is 6.68. The van der Waals surface area contributed by atoms with Gasteiger partial charge in [0.15, 0.2) is 0 Å². The Morgan fingerprint density at radius 1 is 1.23 bits per heavy atom. The Morgan fingerprint density at radius 3 is 2.15 bits per heavy atom. The van der Waals surface area contributed by atoms with E-state index in [0.29, 0.717) is 0 Å². The van der Waals surface area contributed by atoms with Gasteiger partial charge in [-0.1, -0.05) is 13.8 Å². The predicted molar refractivity (Wildman–Crippen MR) is 63.4 cm³/mol. The van der Waals surface area contributed by atoms with E-state index in [-0.39, 0.29) is 5.54 Å². The quantitative estimate of drug-likeness (QED) is 0.641. The average molecular weight is 204 g/mol. The molecule has 0 fully saturated rings. The molecule has 0 saturated carbocycles. The maximum absolute atomic E-state index is 5.88. The van der Waals surface area contributed by atoms with Crippen LogP contribution in [0.15, 0.2) is 0 Å². The summed E-state index contributed by atoms with van der Waals surface area (Å²) in [5.41, 5.74) is 5.86. The maximum Gasteiger partial charge on any atom is 0.0188 e. The molecular formula is C10H24N2S. The summed E-state index contributed by atoms with van der Waals surface area (Å²) in [7, 11) is 0. The minimum absolute atomic E-state index is 0.0199. The number of nitrogens with two attached hydrogens (primary N) is 1. The lowest BCUT2D eigenvalue weighted by Gasteiger charge is -2.20. The van der Waals surface area contributed by atoms with Gasteiger partial charge in [-0.25, -0.2) is 0 Å². The molecule has 0 saturated heterocycles. The van der Waals surface area contributed by atoms with Crippen LogP contribution in [0.3, 0.4) is 0 Å². The molecule has 0 spiro atoms. The minimum atomic E-state index is -0.0199. The van der Waals surface area contributed by atoms with Crippen molar-refractivity contribution < 1.29 is 0 Å². The molecule has 0 aliphatic carbocycles. The summed E-state index contributed by atoms with van der Waals surface area (Å²) in [5, 5.41) is 0. The lowest BCUT2D eigenvalue weighted by Crippen LogP contribution is -2.35. The van der Waals surface area contributed by atoms with Crippen molar-refractivity contribution in [3.05, 3.63) is 0 Å². The van der Waals surface area contributed by atoms with Gasteiger partial charge in [-0.05, 0) is 26.9 Å². The molecule has 13 heavy (non-hydrogen) atoms. The van der Waals surface area contributed by atoms with Gasteiger partial charge < -0.3 is 10.6 Å². The zero-order valence-electron chi connectivity index (χ0n) is 9.47. The van der Waals surface area contributed by atoms with Crippen molar-refractivity contribution in [2.45, 2.75) is 33.2 Å². The van der Waals surface area contributed by atoms with Gasteiger partial charge in [-0.15, -0.1) is 0 Å². The molecule has 0 aromatic carbocycles. The van der Waals surface area contributed by atoms with E-state index >= 15 is 0 Å². The first-order valence-electron chi connectivity index (χ1n) is 5.08. The largest absolute Gasteiger partial charge is 0.325 e. The van der Waals surface area contributed by atoms with Crippen molar-refractivity contribution in [3.8, 4) is 0 Å². The fourth-order valence-corrected chi connectivity index (χ4v) is 2.13. The molecule has 0 aliphatic heterocycles. The van der Waals surface area contributed by atoms with Crippen molar-refractivity contribution in [1.29, 1.82) is 0 Å². The lowest BCUT2D eigenvalue weighted by molar-refractivity contribution is 0.324. The topological polar surface area (TPSA) is 29.3 Å². The van der Waals surface area contributed by atoms with Gasteiger partial charge in [0.2, 0.25) is 0 Å². The molecule has 3 heteroatoms. The highest BCUT2D eigenvalue weighted by Gasteiger charge is 2.09. The molecule has 0 amide bonds. The summed E-state index contributed by atoms with van der Waals surface area (Å²) in [4.78, 5) is 2.44. The molecule has 0 bridgehead atoms. The predicted octanol–water partition coefficient (Wildman–Crippen LogP) is 1.80. The van der Waals surface area contributed by atoms with Gasteiger partial charge in [0.1, 0.15) is 0 Å². The Labute approximate surface area is 87.2 Å². The van der Waals surface area contributed by atoms with Crippen LogP contribution in [-0.4, -0.2) is 41.6 Å². The van der Waals surface area contributed by atoms with Gasteiger partial charge in [0.05, 0.1) is 0 Å². The third-order valence-corrected chi connectivity index (χ3v) is 3.34. The molecule has 2 nitrogen and oxygen atoms in total. The number of hydrogen-bond donors (Lipinski definition) is 1. The van der Waals surface area contributed by atoms with Crippen molar-refractivity contribution >= 4 is 11.8 Å². The first-order chi connectivity index (χ1) is 5.99. The summed E-state index contributed by atoms with van der Waals surface area (Å²) in [5.74, 6) is 2.25. The summed E-state index contributed by atoms with van der Waals surface area (Å²) >= 11 is 1.95. The highest BCUT2D eigenvalue weighted by atomic mass is 32.2. The Hall–Kier alpha value is 0.270. The van der Waals surface area contributed by atoms with E-state index in [4.69, 9.17) is 5.73 Å². The third kappa shape index (κ3) is 8.60. The zero-order chi connectivity index (χ0) is 10.3. The Morgan fingerprint density at radius 2 is 1.77 bits per heavy atom. The van der Waals surface area contributed by atoms with E-state index in [1.807, 2.05) is 11.8 Å². The minimum Gasteiger partial charge on any atom is -0.325 e. The fourth-order valence-electron chi connectivity index (χ4n) is 1.07. The molecule has 0 atom stereocenters. The van der Waals surface area contributed by atoms with Gasteiger partial charge >= 0.3 is 0 Å². The van der Waals surface area contributed by atoms with E-state index in [1.54, 1.807) is 0 Å². The molecule has 0 heterocycles. The SMILES string of the molecule is CCN(CC)CCSCC(C)(C)N. The van der Waals surface area contributed by atoms with Gasteiger partial charge in [0.25, 0.3) is 0 Å². The van der Waals surface area contributed by atoms with Gasteiger partial charge in [0, 0.05) is 23.6 Å². The van der Waals surface area contributed by atoms with E-state index in [2.05, 4.69) is 32.6 Å². The molecule has 0 aromatic rings. The zero-order valence-corrected chi connectivity index (χ0v) is 10.3. The standard InChI is InChI=1S/C10H24N2S/c1-5-12(6-2)7-8-13-9-10(3,4)11/h5-9,11H2,1-4H3. The van der Waals surface area contributed by atoms with Crippen LogP contribution in [0.25, 0.3) is 0 Å². The number of nitrogens with zero attached hydrogens (tertiary/aromatic N) is 1. The van der Waals surface area contributed by atoms with Crippen molar-refractivity contribution in [1.82, 2.24) is 4.90 Å². The van der Waals surface area contributed by atoms with Gasteiger partial charge in [-0.2, -0.15) is 11.8 Å². The van der Waals surface area contributed by atoms with E-state index < -0.39 is 0 Å². The monoisotopic (exact) mass is 204 g/mol. The molecule has 0 radical (unpaired) electrons. The molecular weight excluding hydrogens is 180 g/mol. The Kier molecular flexibility index (Phi) is 6.82. The van der Waals surface area contributed by atoms with Crippen LogP contribution in [0.4, 0.5) is 0 Å². The fraction of sp³-hybridized carbons (Fsp3) is 1.00. The molecule has 0 unspecified atom stereocenters. The maximum atomic E-state index is 5.88. The van der Waals surface area contributed by atoms with Crippen molar-refractivity contribution in [3.63, 3.8) is 0 Å². The van der Waals surface area contributed by atoms with Gasteiger partial charge in [-0.3, -0.25) is 0 Å². The molecule has 0 aromatic heterocycles. The highest BCUT2D eigenvalue weighted by Crippen LogP contribution is 2.09. The van der Waals surface area contributed by atoms with Crippen LogP contribution in [0, 0.1) is 0 Å². The smallest absolute Gasteiger partial charge is 0.0188 e. The van der Waals surface area contributed by atoms with Crippen LogP contribution in [-0.2, 0) is 0 Å². The van der Waals surface area contributed by atoms with E-state index in [9.17, 15) is 0 Å². The van der Waals surface area contributed by atoms with Crippen molar-refractivity contribution in [2.75, 3.05) is 31.1 Å². The summed E-state index contributed by atoms with van der Waals surface area (Å²) in [6, 6.07) is 0. The molecule has 0 aliphatic rings. The number of hydrogen-bond acceptors (Lipinski definition) is 3. The molecule has 2 N–H and O–H groups in total. The molecule has 0 rings (SSSR count). The van der Waals surface area contributed by atoms with E-state index in [1.165, 1.54) is 12.3 Å². The Bertz CT molecular complexity index is 117. The molecule has 80 valence electrons. The first-order valence-corrected chi connectivity index (χ1v) is 6.24. The van der Waals surface area contributed by atoms with Crippen LogP contribution < -0.4 is 5.73 Å². The van der Waals surface area contributed by atoms with Crippen LogP contribution in [0.1, 0.15) is 27.7 Å². The Balaban J connectivity index is 3.34. The lowest BCUT2D eigenvalue weighted by atomic mass is 10.1. The highest BCUT2D eigenvalue weighted by molar-refractivity contribution is 7.99. The summed E-state index contributed by atoms with van der Waals surface area (Å²) < 4.78 is 0. The summed E-state index contributed by atoms with van der Waals surface area (Å²) in [6.07, 6.45) is 0. The second-order valence-corrected chi connectivity index (χ2v) is 5.17. The van der Waals surface area contributed by atoms with Crippen molar-refractivity contribution in [2.24, 2.45) is 5.73 Å². The second-order valence-electron chi connectivity index (χ2n) is 4.07. The van der Waals surface area contributed by atoms with Crippen LogP contribution >= 0.6 is 11.8 Å². The van der Waals surface area contributed by atoms with Crippen LogP contribution in [0.2, 0.25) is 0 Å².